The van der Waals surface area contributed by atoms with Crippen LogP contribution in [0.5, 0.6) is 0 Å². The van der Waals surface area contributed by atoms with Gasteiger partial charge in [0.2, 0.25) is 0 Å². The molecule has 15 heavy (non-hydrogen) atoms. The van der Waals surface area contributed by atoms with E-state index in [9.17, 15) is 9.18 Å². The predicted octanol–water partition coefficient (Wildman–Crippen LogP) is 0.910. The van der Waals surface area contributed by atoms with Crippen molar-refractivity contribution >= 4 is 18.7 Å². The van der Waals surface area contributed by atoms with Crippen LogP contribution in [0.25, 0.3) is 0 Å². The number of rotatable bonds is 4. The molecule has 0 heterocycles. The van der Waals surface area contributed by atoms with Gasteiger partial charge in [-0.1, -0.05) is 24.0 Å². The number of halogens is 1. The molecule has 82 valence electrons. The second kappa shape index (κ2) is 5.54. The maximum absolute atomic E-state index is 12.9. The van der Waals surface area contributed by atoms with Crippen LogP contribution in [0.1, 0.15) is 12.5 Å². The van der Waals surface area contributed by atoms with E-state index < -0.39 is 7.28 Å². The van der Waals surface area contributed by atoms with Gasteiger partial charge in [-0.3, -0.25) is 4.79 Å². The Morgan fingerprint density at radius 1 is 1.53 bits per heavy atom. The molecular formula is C11H15BFO2-. The summed E-state index contributed by atoms with van der Waals surface area (Å²) in [6, 6.07) is 4.71. The Labute approximate surface area is 89.7 Å². The van der Waals surface area contributed by atoms with E-state index in [1.807, 2.05) is 6.92 Å². The Morgan fingerprint density at radius 2 is 2.27 bits per heavy atom. The van der Waals surface area contributed by atoms with E-state index in [-0.39, 0.29) is 11.8 Å². The lowest BCUT2D eigenvalue weighted by Gasteiger charge is -2.11. The second-order valence-corrected chi connectivity index (χ2v) is 3.74. The fourth-order valence-corrected chi connectivity index (χ4v) is 1.68. The molecule has 0 amide bonds. The Kier molecular flexibility index (Phi) is 4.34. The van der Waals surface area contributed by atoms with Gasteiger partial charge in [0.25, 0.3) is 5.97 Å². The molecule has 0 saturated carbocycles. The van der Waals surface area contributed by atoms with Crippen LogP contribution >= 0.6 is 0 Å². The Bertz CT molecular complexity index is 352. The van der Waals surface area contributed by atoms with Crippen molar-refractivity contribution in [2.75, 3.05) is 6.61 Å². The number of hydrogen-bond donors (Lipinski definition) is 0. The summed E-state index contributed by atoms with van der Waals surface area (Å²) in [5, 5.41) is 0. The Balaban J connectivity index is 2.57. The van der Waals surface area contributed by atoms with Crippen LogP contribution in [0.15, 0.2) is 18.2 Å². The van der Waals surface area contributed by atoms with E-state index in [0.29, 0.717) is 12.9 Å². The lowest BCUT2D eigenvalue weighted by molar-refractivity contribution is -0.140. The zero-order chi connectivity index (χ0) is 11.3. The van der Waals surface area contributed by atoms with Crippen LogP contribution in [0.4, 0.5) is 4.39 Å². The average molecular weight is 209 g/mol. The molecule has 4 heteroatoms. The van der Waals surface area contributed by atoms with E-state index in [1.54, 1.807) is 13.0 Å². The average Bonchev–Trinajstić information content (AvgIpc) is 2.20. The first-order chi connectivity index (χ1) is 7.13. The van der Waals surface area contributed by atoms with Crippen LogP contribution in [-0.2, 0) is 9.53 Å². The van der Waals surface area contributed by atoms with Crippen LogP contribution in [0, 0.1) is 12.7 Å². The van der Waals surface area contributed by atoms with Crippen LogP contribution in [0.3, 0.4) is 0 Å². The summed E-state index contributed by atoms with van der Waals surface area (Å²) in [7, 11) is -0.617. The molecule has 0 N–H and O–H groups in total. The third-order valence-corrected chi connectivity index (χ3v) is 2.62. The highest BCUT2D eigenvalue weighted by atomic mass is 19.1. The number of carbonyl (C=O) groups is 1. The third-order valence-electron chi connectivity index (χ3n) is 2.62. The lowest BCUT2D eigenvalue weighted by atomic mass is 9.65. The number of esters is 1. The van der Waals surface area contributed by atoms with E-state index in [1.165, 1.54) is 12.1 Å². The summed E-state index contributed by atoms with van der Waals surface area (Å²) in [5.74, 6) is -0.413. The molecular weight excluding hydrogens is 194 g/mol. The first-order valence-electron chi connectivity index (χ1n) is 5.39. The minimum absolute atomic E-state index is 0.179. The van der Waals surface area contributed by atoms with Gasteiger partial charge in [-0.2, -0.15) is 0 Å². The van der Waals surface area contributed by atoms with Crippen molar-refractivity contribution in [3.63, 3.8) is 0 Å². The summed E-state index contributed by atoms with van der Waals surface area (Å²) in [6.45, 7) is 4.13. The largest absolute Gasteiger partial charge is 0.468 e. The number of hydrogen-bond acceptors (Lipinski definition) is 2. The first-order valence-corrected chi connectivity index (χ1v) is 5.39. The maximum Gasteiger partial charge on any atom is 0.270 e. The zero-order valence-electron chi connectivity index (χ0n) is 9.34. The van der Waals surface area contributed by atoms with Gasteiger partial charge in [-0.25, -0.2) is 9.85 Å². The standard InChI is InChI=1S/C11H15BFO2/c1-3-15-11(14)7-12-10-6-9(13)5-4-8(10)2/h4-6H,3,7,12H2,1-2H3/q-1. The Hall–Kier alpha value is -1.32. The number of ether oxygens (including phenoxy) is 1. The van der Waals surface area contributed by atoms with Crippen molar-refractivity contribution in [1.82, 2.24) is 0 Å². The molecule has 0 aromatic heterocycles. The van der Waals surface area contributed by atoms with Gasteiger partial charge < -0.3 is 4.74 Å². The highest BCUT2D eigenvalue weighted by Crippen LogP contribution is 1.99. The van der Waals surface area contributed by atoms with Crippen molar-refractivity contribution in [3.05, 3.63) is 29.6 Å². The van der Waals surface area contributed by atoms with Gasteiger partial charge in [-0.15, -0.1) is 0 Å². The van der Waals surface area contributed by atoms with Crippen LogP contribution < -0.4 is 5.46 Å². The molecule has 0 aliphatic rings. The number of aryl methyl sites for hydroxylation is 1. The van der Waals surface area contributed by atoms with Crippen molar-refractivity contribution in [2.45, 2.75) is 20.2 Å². The summed E-state index contributed by atoms with van der Waals surface area (Å²) in [5.41, 5.74) is 2.05. The van der Waals surface area contributed by atoms with Crippen molar-refractivity contribution in [2.24, 2.45) is 0 Å². The van der Waals surface area contributed by atoms with Crippen LogP contribution in [-0.4, -0.2) is 19.9 Å². The van der Waals surface area contributed by atoms with Crippen molar-refractivity contribution in [3.8, 4) is 0 Å². The summed E-state index contributed by atoms with van der Waals surface area (Å²) >= 11 is 0. The molecule has 1 aromatic rings. The molecule has 0 spiro atoms. The molecule has 0 aliphatic carbocycles. The smallest absolute Gasteiger partial charge is 0.270 e. The van der Waals surface area contributed by atoms with Gasteiger partial charge in [0.15, 0.2) is 0 Å². The summed E-state index contributed by atoms with van der Waals surface area (Å²) in [6.07, 6.45) is 0.429. The SMILES string of the molecule is CCOC(=O)C[BH2-]c1cc(F)ccc1C. The second-order valence-electron chi connectivity index (χ2n) is 3.74. The van der Waals surface area contributed by atoms with Gasteiger partial charge in [0, 0.05) is 7.28 Å². The first kappa shape index (κ1) is 11.8. The fourth-order valence-electron chi connectivity index (χ4n) is 1.68. The summed E-state index contributed by atoms with van der Waals surface area (Å²) < 4.78 is 17.8. The zero-order valence-corrected chi connectivity index (χ0v) is 9.34. The lowest BCUT2D eigenvalue weighted by Crippen LogP contribution is -2.21. The maximum atomic E-state index is 12.9. The number of carbonyl (C=O) groups excluding carboxylic acids is 1. The molecule has 0 aliphatic heterocycles. The predicted molar refractivity (Wildman–Crippen MR) is 60.8 cm³/mol. The van der Waals surface area contributed by atoms with Crippen LogP contribution in [0.2, 0.25) is 6.32 Å². The minimum atomic E-state index is -0.617. The van der Waals surface area contributed by atoms with E-state index in [0.717, 1.165) is 11.0 Å². The number of benzene rings is 1. The van der Waals surface area contributed by atoms with E-state index in [4.69, 9.17) is 4.74 Å². The van der Waals surface area contributed by atoms with Gasteiger partial charge in [0.05, 0.1) is 6.61 Å². The molecule has 1 rings (SSSR count). The normalized spacial score (nSPS) is 10.1. The molecule has 0 unspecified atom stereocenters. The van der Waals surface area contributed by atoms with Gasteiger partial charge in [0.1, 0.15) is 5.82 Å². The fraction of sp³-hybridized carbons (Fsp3) is 0.364. The highest BCUT2D eigenvalue weighted by molar-refractivity contribution is 6.57. The monoisotopic (exact) mass is 209 g/mol. The quantitative estimate of drug-likeness (QED) is 0.544. The van der Waals surface area contributed by atoms with Crippen molar-refractivity contribution in [1.29, 1.82) is 0 Å². The molecule has 1 aromatic carbocycles. The highest BCUT2D eigenvalue weighted by Gasteiger charge is 2.00. The molecule has 0 fully saturated rings. The molecule has 2 nitrogen and oxygen atoms in total. The minimum Gasteiger partial charge on any atom is -0.468 e. The van der Waals surface area contributed by atoms with E-state index in [2.05, 4.69) is 0 Å². The van der Waals surface area contributed by atoms with E-state index >= 15 is 0 Å². The molecule has 0 atom stereocenters. The molecule has 0 radical (unpaired) electrons. The Morgan fingerprint density at radius 3 is 2.93 bits per heavy atom. The molecule has 0 saturated heterocycles. The summed E-state index contributed by atoms with van der Waals surface area (Å²) in [4.78, 5) is 11.1. The topological polar surface area (TPSA) is 26.3 Å². The third kappa shape index (κ3) is 3.74. The van der Waals surface area contributed by atoms with Crippen molar-refractivity contribution < 1.29 is 13.9 Å². The molecule has 0 bridgehead atoms. The van der Waals surface area contributed by atoms with Gasteiger partial charge >= 0.3 is 0 Å². The van der Waals surface area contributed by atoms with Gasteiger partial charge in [-0.05, 0) is 19.9 Å².